The summed E-state index contributed by atoms with van der Waals surface area (Å²) in [5.74, 6) is 0. The van der Waals surface area contributed by atoms with Crippen molar-refractivity contribution in [3.05, 3.63) is 71.8 Å². The number of aliphatic hydroxyl groups excluding tert-OH is 1. The van der Waals surface area contributed by atoms with Crippen molar-refractivity contribution in [2.24, 2.45) is 0 Å². The number of benzene rings is 2. The second kappa shape index (κ2) is 7.91. The number of rotatable bonds is 6. The van der Waals surface area contributed by atoms with Gasteiger partial charge in [-0.05, 0) is 0 Å². The first-order valence-electron chi connectivity index (χ1n) is 7.43. The molecule has 0 aliphatic carbocycles. The van der Waals surface area contributed by atoms with Crippen molar-refractivity contribution in [3.63, 3.8) is 0 Å². The zero-order valence-electron chi connectivity index (χ0n) is 12.3. The SMILES string of the molecule is OC1[Se]C[C@H](OCc2ccccc2)[C@H]1OCc1ccccc1. The monoisotopic (exact) mass is 364 g/mol. The molecule has 1 fully saturated rings. The van der Waals surface area contributed by atoms with Gasteiger partial charge in [0.1, 0.15) is 0 Å². The second-order valence-electron chi connectivity index (χ2n) is 5.32. The van der Waals surface area contributed by atoms with E-state index in [-0.39, 0.29) is 32.2 Å². The molecule has 0 amide bonds. The fourth-order valence-electron chi connectivity index (χ4n) is 2.44. The van der Waals surface area contributed by atoms with Crippen LogP contribution in [0.4, 0.5) is 0 Å². The van der Waals surface area contributed by atoms with Gasteiger partial charge in [0.2, 0.25) is 0 Å². The molecule has 1 saturated heterocycles. The van der Waals surface area contributed by atoms with E-state index in [1.54, 1.807) is 0 Å². The predicted octanol–water partition coefficient (Wildman–Crippen LogP) is 2.61. The van der Waals surface area contributed by atoms with Gasteiger partial charge in [0.25, 0.3) is 0 Å². The molecule has 2 aromatic carbocycles. The van der Waals surface area contributed by atoms with Gasteiger partial charge in [0.15, 0.2) is 0 Å². The van der Waals surface area contributed by atoms with Crippen molar-refractivity contribution < 1.29 is 14.6 Å². The number of ether oxygens (including phenoxy) is 2. The molecule has 1 unspecified atom stereocenters. The van der Waals surface area contributed by atoms with Crippen LogP contribution in [0.25, 0.3) is 0 Å². The van der Waals surface area contributed by atoms with Crippen LogP contribution >= 0.6 is 0 Å². The first-order chi connectivity index (χ1) is 10.8. The van der Waals surface area contributed by atoms with Crippen LogP contribution in [0.5, 0.6) is 0 Å². The molecule has 3 atom stereocenters. The van der Waals surface area contributed by atoms with Gasteiger partial charge in [0.05, 0.1) is 0 Å². The molecule has 4 heteroatoms. The molecule has 0 saturated carbocycles. The Kier molecular flexibility index (Phi) is 5.65. The van der Waals surface area contributed by atoms with E-state index in [1.807, 2.05) is 48.5 Å². The van der Waals surface area contributed by atoms with Crippen LogP contribution in [0.1, 0.15) is 11.1 Å². The van der Waals surface area contributed by atoms with Crippen LogP contribution in [-0.4, -0.2) is 37.3 Å². The van der Waals surface area contributed by atoms with Crippen LogP contribution < -0.4 is 0 Å². The second-order valence-corrected chi connectivity index (χ2v) is 7.73. The molecular weight excluding hydrogens is 343 g/mol. The summed E-state index contributed by atoms with van der Waals surface area (Å²) < 4.78 is 11.9. The molecule has 0 bridgehead atoms. The molecular formula is C18H20O3Se. The van der Waals surface area contributed by atoms with Crippen LogP contribution in [0, 0.1) is 0 Å². The van der Waals surface area contributed by atoms with E-state index in [9.17, 15) is 5.11 Å². The Labute approximate surface area is 137 Å². The van der Waals surface area contributed by atoms with Gasteiger partial charge >= 0.3 is 137 Å². The summed E-state index contributed by atoms with van der Waals surface area (Å²) in [4.78, 5) is 0. The Bertz CT molecular complexity index is 561. The molecule has 3 nitrogen and oxygen atoms in total. The molecule has 3 rings (SSSR count). The van der Waals surface area contributed by atoms with Crippen molar-refractivity contribution in [3.8, 4) is 0 Å². The Morgan fingerprint density at radius 2 is 1.41 bits per heavy atom. The zero-order chi connectivity index (χ0) is 15.2. The summed E-state index contributed by atoms with van der Waals surface area (Å²) in [5.41, 5.74) is 2.27. The van der Waals surface area contributed by atoms with E-state index in [1.165, 1.54) is 0 Å². The summed E-state index contributed by atoms with van der Waals surface area (Å²) in [5, 5.41) is 10.7. The van der Waals surface area contributed by atoms with Gasteiger partial charge in [0, 0.05) is 0 Å². The van der Waals surface area contributed by atoms with Crippen LogP contribution in [0.3, 0.4) is 0 Å². The Balaban J connectivity index is 1.54. The molecule has 2 aromatic rings. The third kappa shape index (κ3) is 4.19. The van der Waals surface area contributed by atoms with Gasteiger partial charge in [-0.15, -0.1) is 0 Å². The van der Waals surface area contributed by atoms with E-state index >= 15 is 0 Å². The number of hydrogen-bond donors (Lipinski definition) is 1. The molecule has 116 valence electrons. The van der Waals surface area contributed by atoms with E-state index < -0.39 is 0 Å². The van der Waals surface area contributed by atoms with E-state index in [4.69, 9.17) is 9.47 Å². The maximum absolute atomic E-state index is 10.2. The quantitative estimate of drug-likeness (QED) is 0.802. The van der Waals surface area contributed by atoms with Gasteiger partial charge in [-0.2, -0.15) is 0 Å². The molecule has 22 heavy (non-hydrogen) atoms. The predicted molar refractivity (Wildman–Crippen MR) is 86.6 cm³/mol. The first-order valence-corrected chi connectivity index (χ1v) is 9.64. The van der Waals surface area contributed by atoms with Gasteiger partial charge in [-0.25, -0.2) is 0 Å². The van der Waals surface area contributed by atoms with Crippen LogP contribution in [0.15, 0.2) is 60.7 Å². The zero-order valence-corrected chi connectivity index (χ0v) is 14.0. The minimum absolute atomic E-state index is 0.0149. The molecule has 0 spiro atoms. The molecule has 1 heterocycles. The number of hydrogen-bond acceptors (Lipinski definition) is 3. The first kappa shape index (κ1) is 15.7. The van der Waals surface area contributed by atoms with Crippen molar-refractivity contribution in [2.75, 3.05) is 0 Å². The summed E-state index contributed by atoms with van der Waals surface area (Å²) in [6, 6.07) is 20.2. The van der Waals surface area contributed by atoms with E-state index in [2.05, 4.69) is 12.1 Å². The van der Waals surface area contributed by atoms with Crippen molar-refractivity contribution in [2.45, 2.75) is 35.7 Å². The Hall–Kier alpha value is -1.16. The van der Waals surface area contributed by atoms with Crippen molar-refractivity contribution in [1.29, 1.82) is 0 Å². The molecule has 1 aliphatic heterocycles. The molecule has 1 aliphatic rings. The third-order valence-electron chi connectivity index (χ3n) is 3.67. The van der Waals surface area contributed by atoms with Gasteiger partial charge in [-0.3, -0.25) is 0 Å². The fourth-order valence-corrected chi connectivity index (χ4v) is 4.79. The number of aliphatic hydroxyl groups is 1. The average molecular weight is 363 g/mol. The van der Waals surface area contributed by atoms with Crippen LogP contribution in [0.2, 0.25) is 5.32 Å². The fraction of sp³-hybridized carbons (Fsp3) is 0.333. The van der Waals surface area contributed by atoms with E-state index in [0.29, 0.717) is 13.2 Å². The van der Waals surface area contributed by atoms with Gasteiger partial charge < -0.3 is 0 Å². The summed E-state index contributed by atoms with van der Waals surface area (Å²) in [6.45, 7) is 1.09. The summed E-state index contributed by atoms with van der Waals surface area (Å²) >= 11 is 0.169. The molecule has 1 N–H and O–H groups in total. The summed E-state index contributed by atoms with van der Waals surface area (Å²) in [6.07, 6.45) is -0.233. The van der Waals surface area contributed by atoms with Gasteiger partial charge in [-0.1, -0.05) is 0 Å². The van der Waals surface area contributed by atoms with E-state index in [0.717, 1.165) is 16.4 Å². The molecule has 0 aromatic heterocycles. The third-order valence-corrected chi connectivity index (χ3v) is 6.04. The minimum atomic E-state index is -0.378. The Morgan fingerprint density at radius 1 is 0.864 bits per heavy atom. The standard InChI is InChI=1S/C18H20O3Se/c19-18-17(21-12-15-9-5-2-6-10-15)16(13-22-18)20-11-14-7-3-1-4-8-14/h1-10,16-19H,11-13H2/t16-,17+,18?/m0/s1. The van der Waals surface area contributed by atoms with Crippen molar-refractivity contribution in [1.82, 2.24) is 0 Å². The van der Waals surface area contributed by atoms with Crippen molar-refractivity contribution >= 4 is 15.0 Å². The molecule has 0 radical (unpaired) electrons. The van der Waals surface area contributed by atoms with Crippen LogP contribution in [-0.2, 0) is 22.7 Å². The topological polar surface area (TPSA) is 38.7 Å². The average Bonchev–Trinajstić information content (AvgIpc) is 2.93. The maximum atomic E-state index is 10.2. The summed E-state index contributed by atoms with van der Waals surface area (Å²) in [7, 11) is 0. The normalized spacial score (nSPS) is 24.5. The Morgan fingerprint density at radius 3 is 2.00 bits per heavy atom.